The Morgan fingerprint density at radius 2 is 1.70 bits per heavy atom. The first-order valence-corrected chi connectivity index (χ1v) is 11.1. The summed E-state index contributed by atoms with van der Waals surface area (Å²) in [6.45, 7) is 3.75. The quantitative estimate of drug-likeness (QED) is 0.590. The van der Waals surface area contributed by atoms with Gasteiger partial charge < -0.3 is 15.4 Å². The van der Waals surface area contributed by atoms with E-state index in [1.807, 2.05) is 36.4 Å². The molecule has 30 heavy (non-hydrogen) atoms. The molecule has 0 aliphatic carbocycles. The minimum absolute atomic E-state index is 0.0486. The Kier molecular flexibility index (Phi) is 8.69. The molecular weight excluding hydrogens is 470 g/mol. The van der Waals surface area contributed by atoms with Crippen LogP contribution in [0.3, 0.4) is 0 Å². The van der Waals surface area contributed by atoms with E-state index >= 15 is 0 Å². The molecule has 1 saturated heterocycles. The van der Waals surface area contributed by atoms with Crippen LogP contribution in [0, 0.1) is 0 Å². The summed E-state index contributed by atoms with van der Waals surface area (Å²) in [4.78, 5) is 26.8. The molecule has 8 heteroatoms. The topological polar surface area (TPSA) is 70.7 Å². The maximum atomic E-state index is 12.3. The zero-order chi connectivity index (χ0) is 21.3. The number of hydrogen-bond donors (Lipinski definition) is 2. The summed E-state index contributed by atoms with van der Waals surface area (Å²) in [5.41, 5.74) is 1.67. The van der Waals surface area contributed by atoms with Crippen LogP contribution in [0.1, 0.15) is 28.4 Å². The molecule has 2 aromatic rings. The Balaban J connectivity index is 1.49. The van der Waals surface area contributed by atoms with Crippen LogP contribution in [-0.2, 0) is 9.53 Å². The van der Waals surface area contributed by atoms with Gasteiger partial charge in [0.15, 0.2) is 0 Å². The molecule has 0 saturated carbocycles. The minimum Gasteiger partial charge on any atom is -0.379 e. The number of ether oxygens (including phenoxy) is 1. The lowest BCUT2D eigenvalue weighted by molar-refractivity contribution is -0.121. The summed E-state index contributed by atoms with van der Waals surface area (Å²) in [5, 5.41) is 6.47. The lowest BCUT2D eigenvalue weighted by Crippen LogP contribution is -2.44. The Morgan fingerprint density at radius 3 is 2.37 bits per heavy atom. The van der Waals surface area contributed by atoms with E-state index in [9.17, 15) is 9.59 Å². The molecule has 6 nitrogen and oxygen atoms in total. The van der Waals surface area contributed by atoms with Crippen molar-refractivity contribution in [3.8, 4) is 0 Å². The highest BCUT2D eigenvalue weighted by Crippen LogP contribution is 2.23. The fourth-order valence-corrected chi connectivity index (χ4v) is 3.71. The second kappa shape index (κ2) is 11.5. The van der Waals surface area contributed by atoms with E-state index in [0.29, 0.717) is 30.3 Å². The average molecular weight is 495 g/mol. The SMILES string of the molecule is O=C(CCNC(=O)c1ccc(Br)cc1)NCC(c1ccc(Cl)cc1)N1CCOCC1. The van der Waals surface area contributed by atoms with Gasteiger partial charge in [0.25, 0.3) is 5.91 Å². The van der Waals surface area contributed by atoms with Gasteiger partial charge in [-0.15, -0.1) is 0 Å². The lowest BCUT2D eigenvalue weighted by Gasteiger charge is -2.35. The standard InChI is InChI=1S/C22H25BrClN3O3/c23-18-5-1-17(2-6-18)22(29)25-10-9-21(28)26-15-20(27-11-13-30-14-12-27)16-3-7-19(24)8-4-16/h1-8,20H,9-15H2,(H,25,29)(H,26,28). The number of nitrogens with one attached hydrogen (secondary N) is 2. The van der Waals surface area contributed by atoms with Gasteiger partial charge in [0.2, 0.25) is 5.91 Å². The molecular formula is C22H25BrClN3O3. The van der Waals surface area contributed by atoms with Crippen molar-refractivity contribution in [2.45, 2.75) is 12.5 Å². The van der Waals surface area contributed by atoms with E-state index in [2.05, 4.69) is 31.5 Å². The smallest absolute Gasteiger partial charge is 0.251 e. The normalized spacial score (nSPS) is 15.4. The number of amides is 2. The number of carbonyl (C=O) groups excluding carboxylic acids is 2. The maximum Gasteiger partial charge on any atom is 0.251 e. The number of morpholine rings is 1. The van der Waals surface area contributed by atoms with Gasteiger partial charge in [0.1, 0.15) is 0 Å². The molecule has 1 heterocycles. The number of carbonyl (C=O) groups is 2. The third kappa shape index (κ3) is 6.80. The van der Waals surface area contributed by atoms with Crippen molar-refractivity contribution < 1.29 is 14.3 Å². The first-order chi connectivity index (χ1) is 14.5. The lowest BCUT2D eigenvalue weighted by atomic mass is 10.0. The highest BCUT2D eigenvalue weighted by molar-refractivity contribution is 9.10. The molecule has 1 fully saturated rings. The minimum atomic E-state index is -0.192. The van der Waals surface area contributed by atoms with Crippen molar-refractivity contribution in [2.24, 2.45) is 0 Å². The molecule has 2 aromatic carbocycles. The number of halogens is 2. The largest absolute Gasteiger partial charge is 0.379 e. The predicted octanol–water partition coefficient (Wildman–Crippen LogP) is 3.41. The number of nitrogens with zero attached hydrogens (tertiary/aromatic N) is 1. The molecule has 0 bridgehead atoms. The molecule has 2 N–H and O–H groups in total. The van der Waals surface area contributed by atoms with E-state index in [-0.39, 0.29) is 30.8 Å². The van der Waals surface area contributed by atoms with Crippen molar-refractivity contribution >= 4 is 39.3 Å². The highest BCUT2D eigenvalue weighted by Gasteiger charge is 2.23. The summed E-state index contributed by atoms with van der Waals surface area (Å²) in [7, 11) is 0. The summed E-state index contributed by atoms with van der Waals surface area (Å²) >= 11 is 9.37. The van der Waals surface area contributed by atoms with Crippen LogP contribution in [0.15, 0.2) is 53.0 Å². The maximum absolute atomic E-state index is 12.3. The zero-order valence-electron chi connectivity index (χ0n) is 16.6. The van der Waals surface area contributed by atoms with Crippen molar-refractivity contribution in [2.75, 3.05) is 39.4 Å². The summed E-state index contributed by atoms with van der Waals surface area (Å²) in [6, 6.07) is 14.9. The Hall–Kier alpha value is -1.93. The third-order valence-electron chi connectivity index (χ3n) is 4.98. The van der Waals surface area contributed by atoms with E-state index in [4.69, 9.17) is 16.3 Å². The zero-order valence-corrected chi connectivity index (χ0v) is 18.9. The van der Waals surface area contributed by atoms with Crippen molar-refractivity contribution in [3.63, 3.8) is 0 Å². The second-order valence-electron chi connectivity index (χ2n) is 7.03. The van der Waals surface area contributed by atoms with Gasteiger partial charge in [-0.05, 0) is 42.0 Å². The first kappa shape index (κ1) is 22.7. The number of hydrogen-bond acceptors (Lipinski definition) is 4. The summed E-state index contributed by atoms with van der Waals surface area (Å²) in [6.07, 6.45) is 0.221. The van der Waals surface area contributed by atoms with Crippen molar-refractivity contribution in [3.05, 3.63) is 69.2 Å². The van der Waals surface area contributed by atoms with E-state index in [0.717, 1.165) is 23.1 Å². The van der Waals surface area contributed by atoms with Crippen LogP contribution in [0.5, 0.6) is 0 Å². The molecule has 1 atom stereocenters. The molecule has 160 valence electrons. The van der Waals surface area contributed by atoms with E-state index < -0.39 is 0 Å². The fraction of sp³-hybridized carbons (Fsp3) is 0.364. The second-order valence-corrected chi connectivity index (χ2v) is 8.38. The van der Waals surface area contributed by atoms with E-state index in [1.54, 1.807) is 12.1 Å². The van der Waals surface area contributed by atoms with Gasteiger partial charge in [-0.2, -0.15) is 0 Å². The monoisotopic (exact) mass is 493 g/mol. The molecule has 3 rings (SSSR count). The third-order valence-corrected chi connectivity index (χ3v) is 5.76. The van der Waals surface area contributed by atoms with Gasteiger partial charge in [0, 0.05) is 47.7 Å². The van der Waals surface area contributed by atoms with Crippen LogP contribution < -0.4 is 10.6 Å². The Labute approximate surface area is 190 Å². The summed E-state index contributed by atoms with van der Waals surface area (Å²) < 4.78 is 6.37. The average Bonchev–Trinajstić information content (AvgIpc) is 2.76. The van der Waals surface area contributed by atoms with Crippen LogP contribution >= 0.6 is 27.5 Å². The van der Waals surface area contributed by atoms with Gasteiger partial charge in [-0.3, -0.25) is 14.5 Å². The molecule has 1 aliphatic rings. The Bertz CT molecular complexity index is 840. The van der Waals surface area contributed by atoms with Crippen molar-refractivity contribution in [1.82, 2.24) is 15.5 Å². The molecule has 1 unspecified atom stereocenters. The molecule has 0 radical (unpaired) electrons. The van der Waals surface area contributed by atoms with Gasteiger partial charge in [-0.25, -0.2) is 0 Å². The van der Waals surface area contributed by atoms with Crippen LogP contribution in [0.25, 0.3) is 0 Å². The molecule has 0 aromatic heterocycles. The van der Waals surface area contributed by atoms with Crippen molar-refractivity contribution in [1.29, 1.82) is 0 Å². The van der Waals surface area contributed by atoms with Gasteiger partial charge >= 0.3 is 0 Å². The fourth-order valence-electron chi connectivity index (χ4n) is 3.32. The first-order valence-electron chi connectivity index (χ1n) is 9.90. The summed E-state index contributed by atoms with van der Waals surface area (Å²) in [5.74, 6) is -0.291. The van der Waals surface area contributed by atoms with E-state index in [1.165, 1.54) is 0 Å². The van der Waals surface area contributed by atoms with Gasteiger partial charge in [-0.1, -0.05) is 39.7 Å². The predicted molar refractivity (Wildman–Crippen MR) is 121 cm³/mol. The van der Waals surface area contributed by atoms with Crippen LogP contribution in [0.2, 0.25) is 5.02 Å². The molecule has 2 amide bonds. The molecule has 0 spiro atoms. The van der Waals surface area contributed by atoms with Crippen LogP contribution in [-0.4, -0.2) is 56.1 Å². The number of rotatable bonds is 8. The number of benzene rings is 2. The van der Waals surface area contributed by atoms with Gasteiger partial charge in [0.05, 0.1) is 19.3 Å². The Morgan fingerprint density at radius 1 is 1.03 bits per heavy atom. The van der Waals surface area contributed by atoms with Crippen LogP contribution in [0.4, 0.5) is 0 Å². The molecule has 1 aliphatic heterocycles. The highest BCUT2D eigenvalue weighted by atomic mass is 79.9.